The molecule has 0 heterocycles. The van der Waals surface area contributed by atoms with Crippen molar-refractivity contribution in [2.45, 2.75) is 6.42 Å². The fourth-order valence-electron chi connectivity index (χ4n) is 2.05. The summed E-state index contributed by atoms with van der Waals surface area (Å²) in [7, 11) is 1.36. The zero-order chi connectivity index (χ0) is 15.1. The maximum atomic E-state index is 11.9. The third kappa shape index (κ3) is 4.24. The minimum absolute atomic E-state index is 0.0563. The standard InChI is InChI=1S/C17H18O4/c1-20-17(19)14(11-13-7-3-2-4-8-13)12-21-16-10-6-5-9-15(16)18/h2-10,14,18H,11-12H2,1H3. The van der Waals surface area contributed by atoms with Crippen LogP contribution in [0.15, 0.2) is 54.6 Å². The maximum Gasteiger partial charge on any atom is 0.312 e. The molecular formula is C17H18O4. The van der Waals surface area contributed by atoms with Crippen molar-refractivity contribution in [1.29, 1.82) is 0 Å². The fourth-order valence-corrected chi connectivity index (χ4v) is 2.05. The summed E-state index contributed by atoms with van der Waals surface area (Å²) in [6, 6.07) is 16.4. The van der Waals surface area contributed by atoms with Gasteiger partial charge in [-0.3, -0.25) is 4.79 Å². The molecule has 4 heteroatoms. The molecule has 0 aliphatic heterocycles. The van der Waals surface area contributed by atoms with Gasteiger partial charge < -0.3 is 14.6 Å². The summed E-state index contributed by atoms with van der Waals surface area (Å²) in [5.74, 6) is -0.327. The Balaban J connectivity index is 2.03. The highest BCUT2D eigenvalue weighted by atomic mass is 16.5. The average molecular weight is 286 g/mol. The first-order valence-electron chi connectivity index (χ1n) is 6.73. The largest absolute Gasteiger partial charge is 0.504 e. The molecule has 0 aliphatic rings. The van der Waals surface area contributed by atoms with Crippen molar-refractivity contribution in [3.63, 3.8) is 0 Å². The van der Waals surface area contributed by atoms with E-state index < -0.39 is 5.92 Å². The van der Waals surface area contributed by atoms with E-state index in [2.05, 4.69) is 0 Å². The Morgan fingerprint density at radius 3 is 2.43 bits per heavy atom. The van der Waals surface area contributed by atoms with Crippen molar-refractivity contribution in [3.8, 4) is 11.5 Å². The van der Waals surface area contributed by atoms with Crippen LogP contribution in [-0.4, -0.2) is 24.8 Å². The van der Waals surface area contributed by atoms with Crippen LogP contribution < -0.4 is 4.74 Å². The number of aromatic hydroxyl groups is 1. The lowest BCUT2D eigenvalue weighted by Gasteiger charge is -2.16. The summed E-state index contributed by atoms with van der Waals surface area (Å²) in [4.78, 5) is 11.9. The molecule has 21 heavy (non-hydrogen) atoms. The number of phenols is 1. The molecule has 1 atom stereocenters. The number of benzene rings is 2. The first-order chi connectivity index (χ1) is 10.2. The lowest BCUT2D eigenvalue weighted by Crippen LogP contribution is -2.25. The molecule has 0 aromatic heterocycles. The highest BCUT2D eigenvalue weighted by Crippen LogP contribution is 2.25. The molecule has 4 nitrogen and oxygen atoms in total. The molecule has 0 amide bonds. The number of carbonyl (C=O) groups is 1. The molecule has 2 aromatic carbocycles. The third-order valence-corrected chi connectivity index (χ3v) is 3.16. The van der Waals surface area contributed by atoms with Crippen LogP contribution in [0, 0.1) is 5.92 Å². The zero-order valence-corrected chi connectivity index (χ0v) is 11.9. The molecule has 2 rings (SSSR count). The van der Waals surface area contributed by atoms with Crippen LogP contribution in [0.5, 0.6) is 11.5 Å². The Morgan fingerprint density at radius 1 is 1.10 bits per heavy atom. The quantitative estimate of drug-likeness (QED) is 0.830. The van der Waals surface area contributed by atoms with Crippen molar-refractivity contribution in [2.75, 3.05) is 13.7 Å². The molecule has 2 aromatic rings. The van der Waals surface area contributed by atoms with Gasteiger partial charge in [-0.1, -0.05) is 42.5 Å². The zero-order valence-electron chi connectivity index (χ0n) is 11.9. The van der Waals surface area contributed by atoms with Crippen molar-refractivity contribution >= 4 is 5.97 Å². The average Bonchev–Trinajstić information content (AvgIpc) is 2.53. The van der Waals surface area contributed by atoms with Crippen LogP contribution in [-0.2, 0) is 16.0 Å². The van der Waals surface area contributed by atoms with Crippen LogP contribution in [0.1, 0.15) is 5.56 Å². The summed E-state index contributed by atoms with van der Waals surface area (Å²) in [6.45, 7) is 0.152. The molecular weight excluding hydrogens is 268 g/mol. The lowest BCUT2D eigenvalue weighted by molar-refractivity contribution is -0.146. The smallest absolute Gasteiger partial charge is 0.312 e. The fraction of sp³-hybridized carbons (Fsp3) is 0.235. The first-order valence-corrected chi connectivity index (χ1v) is 6.73. The van der Waals surface area contributed by atoms with E-state index >= 15 is 0 Å². The summed E-state index contributed by atoms with van der Waals surface area (Å²) in [5, 5.41) is 9.67. The topological polar surface area (TPSA) is 55.8 Å². The van der Waals surface area contributed by atoms with Gasteiger partial charge in [-0.25, -0.2) is 0 Å². The molecule has 110 valence electrons. The van der Waals surface area contributed by atoms with Gasteiger partial charge in [0.05, 0.1) is 13.0 Å². The van der Waals surface area contributed by atoms with Gasteiger partial charge in [-0.2, -0.15) is 0 Å². The first kappa shape index (κ1) is 14.9. The third-order valence-electron chi connectivity index (χ3n) is 3.16. The summed E-state index contributed by atoms with van der Waals surface area (Å²) >= 11 is 0. The van der Waals surface area contributed by atoms with Crippen LogP contribution in [0.4, 0.5) is 0 Å². The van der Waals surface area contributed by atoms with Crippen molar-refractivity contribution in [1.82, 2.24) is 0 Å². The van der Waals surface area contributed by atoms with E-state index in [1.54, 1.807) is 24.3 Å². The Kier molecular flexibility index (Phi) is 5.21. The van der Waals surface area contributed by atoms with Crippen LogP contribution in [0.25, 0.3) is 0 Å². The number of ether oxygens (including phenoxy) is 2. The van der Waals surface area contributed by atoms with E-state index in [4.69, 9.17) is 9.47 Å². The van der Waals surface area contributed by atoms with E-state index in [-0.39, 0.29) is 18.3 Å². The van der Waals surface area contributed by atoms with Gasteiger partial charge in [-0.05, 0) is 24.1 Å². The number of rotatable bonds is 6. The van der Waals surface area contributed by atoms with Gasteiger partial charge in [0.15, 0.2) is 11.5 Å². The van der Waals surface area contributed by atoms with Crippen molar-refractivity contribution < 1.29 is 19.4 Å². The molecule has 0 saturated heterocycles. The molecule has 0 radical (unpaired) electrons. The molecule has 0 bridgehead atoms. The number of hydrogen-bond acceptors (Lipinski definition) is 4. The second kappa shape index (κ2) is 7.33. The second-order valence-corrected chi connectivity index (χ2v) is 4.69. The summed E-state index contributed by atoms with van der Waals surface area (Å²) in [5.41, 5.74) is 1.04. The molecule has 0 saturated carbocycles. The van der Waals surface area contributed by atoms with E-state index in [9.17, 15) is 9.90 Å². The minimum Gasteiger partial charge on any atom is -0.504 e. The van der Waals surface area contributed by atoms with E-state index in [1.165, 1.54) is 7.11 Å². The molecule has 0 aliphatic carbocycles. The normalized spacial score (nSPS) is 11.7. The van der Waals surface area contributed by atoms with Gasteiger partial charge in [0.25, 0.3) is 0 Å². The maximum absolute atomic E-state index is 11.9. The number of esters is 1. The predicted octanol–water partition coefficient (Wildman–Crippen LogP) is 2.80. The monoisotopic (exact) mass is 286 g/mol. The number of methoxy groups -OCH3 is 1. The van der Waals surface area contributed by atoms with E-state index in [0.717, 1.165) is 5.56 Å². The summed E-state index contributed by atoms with van der Waals surface area (Å²) in [6.07, 6.45) is 0.529. The van der Waals surface area contributed by atoms with Gasteiger partial charge in [0, 0.05) is 0 Å². The van der Waals surface area contributed by atoms with Gasteiger partial charge in [0.2, 0.25) is 0 Å². The SMILES string of the molecule is COC(=O)C(COc1ccccc1O)Cc1ccccc1. The Bertz CT molecular complexity index is 580. The molecule has 1 N–H and O–H groups in total. The summed E-state index contributed by atoms with van der Waals surface area (Å²) < 4.78 is 10.4. The van der Waals surface area contributed by atoms with Crippen molar-refractivity contribution in [3.05, 3.63) is 60.2 Å². The predicted molar refractivity (Wildman–Crippen MR) is 79.3 cm³/mol. The Hall–Kier alpha value is -2.49. The Morgan fingerprint density at radius 2 is 1.76 bits per heavy atom. The highest BCUT2D eigenvalue weighted by Gasteiger charge is 2.21. The highest BCUT2D eigenvalue weighted by molar-refractivity contribution is 5.72. The van der Waals surface area contributed by atoms with E-state index in [1.807, 2.05) is 30.3 Å². The minimum atomic E-state index is -0.419. The van der Waals surface area contributed by atoms with Gasteiger partial charge in [-0.15, -0.1) is 0 Å². The van der Waals surface area contributed by atoms with Gasteiger partial charge >= 0.3 is 5.97 Å². The number of phenolic OH excluding ortho intramolecular Hbond substituents is 1. The number of para-hydroxylation sites is 2. The molecule has 0 spiro atoms. The van der Waals surface area contributed by atoms with E-state index in [0.29, 0.717) is 12.2 Å². The van der Waals surface area contributed by atoms with Crippen LogP contribution in [0.2, 0.25) is 0 Å². The molecule has 1 unspecified atom stereocenters. The molecule has 0 fully saturated rings. The number of hydrogen-bond donors (Lipinski definition) is 1. The second-order valence-electron chi connectivity index (χ2n) is 4.69. The van der Waals surface area contributed by atoms with Gasteiger partial charge in [0.1, 0.15) is 6.61 Å². The van der Waals surface area contributed by atoms with Crippen molar-refractivity contribution in [2.24, 2.45) is 5.92 Å². The van der Waals surface area contributed by atoms with Crippen LogP contribution in [0.3, 0.4) is 0 Å². The van der Waals surface area contributed by atoms with Crippen LogP contribution >= 0.6 is 0 Å². The Labute approximate surface area is 123 Å². The number of carbonyl (C=O) groups excluding carboxylic acids is 1. The lowest BCUT2D eigenvalue weighted by atomic mass is 10.0.